The van der Waals surface area contributed by atoms with Crippen LogP contribution in [0.4, 0.5) is 0 Å². The van der Waals surface area contributed by atoms with Gasteiger partial charge < -0.3 is 0 Å². The Bertz CT molecular complexity index is 317. The Balaban J connectivity index is 2.38. The molecule has 0 saturated heterocycles. The van der Waals surface area contributed by atoms with E-state index in [0.717, 1.165) is 12.8 Å². The van der Waals surface area contributed by atoms with Crippen LogP contribution in [-0.2, 0) is 6.42 Å². The van der Waals surface area contributed by atoms with E-state index in [4.69, 9.17) is 1.37 Å². The van der Waals surface area contributed by atoms with Gasteiger partial charge in [-0.3, -0.25) is 0 Å². The van der Waals surface area contributed by atoms with Gasteiger partial charge in [0.1, 0.15) is 0 Å². The Kier molecular flexibility index (Phi) is 2.07. The number of benzene rings is 1. The molecule has 1 aliphatic carbocycles. The van der Waals surface area contributed by atoms with Gasteiger partial charge >= 0.3 is 0 Å². The molecule has 0 aromatic heterocycles. The number of fused-ring (bicyclic) bond motifs is 1. The summed E-state index contributed by atoms with van der Waals surface area (Å²) >= 11 is 0. The lowest BCUT2D eigenvalue weighted by Crippen LogP contribution is -2.14. The van der Waals surface area contributed by atoms with Crippen molar-refractivity contribution in [1.82, 2.24) is 0 Å². The van der Waals surface area contributed by atoms with Gasteiger partial charge in [0.25, 0.3) is 0 Å². The monoisotopic (exact) mass is 176 g/mol. The molecule has 1 aliphatic rings. The van der Waals surface area contributed by atoms with Crippen molar-refractivity contribution in [3.05, 3.63) is 35.4 Å². The third kappa shape index (κ3) is 1.63. The van der Waals surface area contributed by atoms with Crippen LogP contribution in [0.1, 0.15) is 45.1 Å². The maximum atomic E-state index is 7.93. The van der Waals surface area contributed by atoms with Crippen LogP contribution in [0.25, 0.3) is 0 Å². The minimum atomic E-state index is 0.109. The van der Waals surface area contributed by atoms with Crippen LogP contribution >= 0.6 is 0 Å². The largest absolute Gasteiger partial charge is 0.0622 e. The lowest BCUT2D eigenvalue weighted by molar-refractivity contribution is 0.433. The van der Waals surface area contributed by atoms with Gasteiger partial charge in [0.15, 0.2) is 0 Å². The fraction of sp³-hybridized carbons (Fsp3) is 0.538. The van der Waals surface area contributed by atoms with Crippen molar-refractivity contribution in [1.29, 1.82) is 0 Å². The summed E-state index contributed by atoms with van der Waals surface area (Å²) in [4.78, 5) is 0. The van der Waals surface area contributed by atoms with Gasteiger partial charge in [-0.2, -0.15) is 0 Å². The summed E-state index contributed by atoms with van der Waals surface area (Å²) in [6, 6.07) is 8.64. The van der Waals surface area contributed by atoms with Crippen molar-refractivity contribution >= 4 is 0 Å². The van der Waals surface area contributed by atoms with Crippen molar-refractivity contribution < 1.29 is 1.37 Å². The lowest BCUT2D eigenvalue weighted by Gasteiger charge is -2.28. The molecule has 0 heterocycles. The van der Waals surface area contributed by atoms with E-state index in [2.05, 4.69) is 38.1 Å². The van der Waals surface area contributed by atoms with E-state index >= 15 is 0 Å². The number of hydrogen-bond acceptors (Lipinski definition) is 0. The predicted octanol–water partition coefficient (Wildman–Crippen LogP) is 3.76. The van der Waals surface area contributed by atoms with E-state index in [-0.39, 0.29) is 6.40 Å². The van der Waals surface area contributed by atoms with E-state index in [1.165, 1.54) is 11.1 Å². The van der Waals surface area contributed by atoms with Crippen LogP contribution in [0, 0.1) is 5.92 Å². The highest BCUT2D eigenvalue weighted by Gasteiger charge is 2.21. The molecule has 0 radical (unpaired) electrons. The van der Waals surface area contributed by atoms with E-state index in [0.29, 0.717) is 11.8 Å². The van der Waals surface area contributed by atoms with Gasteiger partial charge in [-0.15, -0.1) is 0 Å². The Labute approximate surface area is 82.4 Å². The molecular weight excluding hydrogens is 156 g/mol. The lowest BCUT2D eigenvalue weighted by atomic mass is 9.77. The molecular formula is C13H18. The Hall–Kier alpha value is -0.780. The first-order valence-electron chi connectivity index (χ1n) is 5.76. The fourth-order valence-corrected chi connectivity index (χ4v) is 2.26. The molecule has 2 unspecified atom stereocenters. The maximum absolute atomic E-state index is 7.93. The van der Waals surface area contributed by atoms with Crippen LogP contribution in [0.2, 0.25) is 0 Å². The highest BCUT2D eigenvalue weighted by atomic mass is 14.3. The highest BCUT2D eigenvalue weighted by Crippen LogP contribution is 2.36. The summed E-state index contributed by atoms with van der Waals surface area (Å²) in [5, 5.41) is 0. The first-order valence-corrected chi connectivity index (χ1v) is 5.18. The van der Waals surface area contributed by atoms with Gasteiger partial charge in [0.2, 0.25) is 0 Å². The van der Waals surface area contributed by atoms with Crippen molar-refractivity contribution in [2.75, 3.05) is 0 Å². The van der Waals surface area contributed by atoms with E-state index in [1.807, 2.05) is 0 Å². The average Bonchev–Trinajstić information content (AvgIpc) is 2.16. The van der Waals surface area contributed by atoms with Gasteiger partial charge in [0.05, 0.1) is 0 Å². The molecule has 0 N–H and O–H groups in total. The smallest absolute Gasteiger partial charge is 0.0270 e. The van der Waals surface area contributed by atoms with Gasteiger partial charge in [-0.05, 0) is 42.2 Å². The standard InChI is InChI=1S/C13H18/c1-10(2)12-9-5-7-11-6-3-4-8-13(11)12/h3-4,6,8,10,12H,5,7,9H2,1-2H3/i5T. The topological polar surface area (TPSA) is 0 Å². The second-order valence-corrected chi connectivity index (χ2v) is 4.28. The molecule has 2 atom stereocenters. The molecule has 1 aromatic carbocycles. The molecule has 2 rings (SSSR count). The molecule has 0 bridgehead atoms. The molecule has 0 nitrogen and oxygen atoms in total. The Morgan fingerprint density at radius 3 is 2.92 bits per heavy atom. The minimum Gasteiger partial charge on any atom is -0.0622 e. The third-order valence-electron chi connectivity index (χ3n) is 3.04. The maximum Gasteiger partial charge on any atom is 0.0270 e. The molecule has 0 heteroatoms. The normalized spacial score (nSPS) is 28.4. The first kappa shape index (κ1) is 7.61. The molecule has 1 aromatic rings. The summed E-state index contributed by atoms with van der Waals surface area (Å²) in [7, 11) is 0. The van der Waals surface area contributed by atoms with Gasteiger partial charge in [-0.25, -0.2) is 0 Å². The Morgan fingerprint density at radius 1 is 1.38 bits per heavy atom. The van der Waals surface area contributed by atoms with Crippen molar-refractivity contribution in [3.63, 3.8) is 0 Å². The molecule has 0 fully saturated rings. The first-order chi connectivity index (χ1) is 6.68. The van der Waals surface area contributed by atoms with Crippen LogP contribution in [-0.4, -0.2) is 0 Å². The van der Waals surface area contributed by atoms with Crippen molar-refractivity contribution in [2.45, 2.75) is 39.0 Å². The molecule has 0 amide bonds. The second-order valence-electron chi connectivity index (χ2n) is 4.28. The quantitative estimate of drug-likeness (QED) is 0.611. The van der Waals surface area contributed by atoms with Crippen LogP contribution in [0.3, 0.4) is 0 Å². The average molecular weight is 176 g/mol. The molecule has 0 spiro atoms. The zero-order valence-electron chi connectivity index (χ0n) is 9.46. The summed E-state index contributed by atoms with van der Waals surface area (Å²) in [5.41, 5.74) is 2.89. The van der Waals surface area contributed by atoms with Gasteiger partial charge in [0, 0.05) is 1.37 Å². The zero-order valence-corrected chi connectivity index (χ0v) is 8.46. The predicted molar refractivity (Wildman–Crippen MR) is 57.0 cm³/mol. The minimum absolute atomic E-state index is 0.109. The summed E-state index contributed by atoms with van der Waals surface area (Å²) < 4.78 is 7.93. The molecule has 0 aliphatic heterocycles. The SMILES string of the molecule is [3H]C1Cc2ccccc2C(C(C)C)C1. The highest BCUT2D eigenvalue weighted by molar-refractivity contribution is 5.32. The van der Waals surface area contributed by atoms with Crippen LogP contribution < -0.4 is 0 Å². The summed E-state index contributed by atoms with van der Waals surface area (Å²) in [6.45, 7) is 4.53. The second kappa shape index (κ2) is 3.53. The third-order valence-corrected chi connectivity index (χ3v) is 3.04. The number of aryl methyl sites for hydroxylation is 1. The fourth-order valence-electron chi connectivity index (χ4n) is 2.26. The van der Waals surface area contributed by atoms with Crippen molar-refractivity contribution in [3.8, 4) is 0 Å². The van der Waals surface area contributed by atoms with E-state index < -0.39 is 0 Å². The van der Waals surface area contributed by atoms with Crippen LogP contribution in [0.5, 0.6) is 0 Å². The zero-order chi connectivity index (χ0) is 10.1. The number of hydrogen-bond donors (Lipinski definition) is 0. The van der Waals surface area contributed by atoms with Crippen molar-refractivity contribution in [2.24, 2.45) is 5.92 Å². The molecule has 13 heavy (non-hydrogen) atoms. The van der Waals surface area contributed by atoms with Crippen LogP contribution in [0.15, 0.2) is 24.3 Å². The van der Waals surface area contributed by atoms with Gasteiger partial charge in [-0.1, -0.05) is 38.1 Å². The summed E-state index contributed by atoms with van der Waals surface area (Å²) in [6.07, 6.45) is 2.09. The van der Waals surface area contributed by atoms with E-state index in [1.54, 1.807) is 0 Å². The summed E-state index contributed by atoms with van der Waals surface area (Å²) in [5.74, 6) is 1.26. The Morgan fingerprint density at radius 2 is 2.15 bits per heavy atom. The molecule has 0 saturated carbocycles. The van der Waals surface area contributed by atoms with E-state index in [9.17, 15) is 0 Å². The number of rotatable bonds is 1. The molecule has 70 valence electrons.